The molecule has 86 valence electrons. The molecule has 1 heterocycles. The van der Waals surface area contributed by atoms with E-state index in [9.17, 15) is 0 Å². The highest BCUT2D eigenvalue weighted by atomic mass is 35.5. The van der Waals surface area contributed by atoms with E-state index >= 15 is 0 Å². The summed E-state index contributed by atoms with van der Waals surface area (Å²) in [5.74, 6) is 0.334. The number of halogens is 2. The van der Waals surface area contributed by atoms with Crippen LogP contribution >= 0.6 is 24.8 Å². The molecule has 0 aliphatic carbocycles. The lowest BCUT2D eigenvalue weighted by molar-refractivity contribution is 0.233. The third-order valence-electron chi connectivity index (χ3n) is 2.26. The highest BCUT2D eigenvalue weighted by Gasteiger charge is 2.09. The maximum absolute atomic E-state index is 8.31. The summed E-state index contributed by atoms with van der Waals surface area (Å²) in [4.78, 5) is 2.36. The van der Waals surface area contributed by atoms with Crippen LogP contribution in [0.1, 0.15) is 25.7 Å². The van der Waals surface area contributed by atoms with E-state index in [0.29, 0.717) is 12.3 Å². The molecule has 1 saturated heterocycles. The van der Waals surface area contributed by atoms with Gasteiger partial charge in [0, 0.05) is 13.0 Å². The summed E-state index contributed by atoms with van der Waals surface area (Å²) in [6, 6.07) is 0. The summed E-state index contributed by atoms with van der Waals surface area (Å²) in [5.41, 5.74) is 5.36. The summed E-state index contributed by atoms with van der Waals surface area (Å²) in [6.07, 6.45) is 4.60. The van der Waals surface area contributed by atoms with Gasteiger partial charge < -0.3 is 15.8 Å². The second-order valence-electron chi connectivity index (χ2n) is 3.24. The fourth-order valence-electron chi connectivity index (χ4n) is 1.51. The molecule has 1 aliphatic heterocycles. The van der Waals surface area contributed by atoms with Crippen LogP contribution in [0.3, 0.4) is 0 Å². The lowest BCUT2D eigenvalue weighted by Gasteiger charge is -2.25. The maximum atomic E-state index is 8.31. The van der Waals surface area contributed by atoms with Crippen molar-refractivity contribution >= 4 is 30.6 Å². The average molecular weight is 244 g/mol. The molecule has 0 spiro atoms. The second-order valence-corrected chi connectivity index (χ2v) is 3.24. The Kier molecular flexibility index (Phi) is 10.9. The Morgan fingerprint density at radius 3 is 2.29 bits per heavy atom. The number of hydrogen-bond acceptors (Lipinski definition) is 3. The molecule has 0 atom stereocenters. The Hall–Kier alpha value is -0.190. The van der Waals surface area contributed by atoms with Gasteiger partial charge in [-0.1, -0.05) is 11.6 Å². The van der Waals surface area contributed by atoms with Gasteiger partial charge in [-0.2, -0.15) is 0 Å². The van der Waals surface area contributed by atoms with E-state index in [0.717, 1.165) is 6.54 Å². The number of rotatable bonds is 3. The van der Waals surface area contributed by atoms with Crippen LogP contribution in [0.15, 0.2) is 5.16 Å². The first-order valence-electron chi connectivity index (χ1n) is 4.51. The maximum Gasteiger partial charge on any atom is 0.140 e. The molecule has 0 aromatic carbocycles. The van der Waals surface area contributed by atoms with Crippen molar-refractivity contribution in [3.05, 3.63) is 0 Å². The van der Waals surface area contributed by atoms with Crippen LogP contribution in [0.25, 0.3) is 0 Å². The van der Waals surface area contributed by atoms with Crippen molar-refractivity contribution in [3.63, 3.8) is 0 Å². The van der Waals surface area contributed by atoms with E-state index in [1.54, 1.807) is 0 Å². The molecular formula is C8H19Cl2N3O. The molecule has 0 radical (unpaired) electrons. The minimum Gasteiger partial charge on any atom is -0.409 e. The van der Waals surface area contributed by atoms with Gasteiger partial charge in [-0.3, -0.25) is 0 Å². The van der Waals surface area contributed by atoms with Crippen molar-refractivity contribution in [1.82, 2.24) is 4.90 Å². The zero-order valence-corrected chi connectivity index (χ0v) is 9.82. The minimum absolute atomic E-state index is 0. The Morgan fingerprint density at radius 1 is 1.21 bits per heavy atom. The fraction of sp³-hybridized carbons (Fsp3) is 0.875. The second kappa shape index (κ2) is 9.37. The summed E-state index contributed by atoms with van der Waals surface area (Å²) >= 11 is 0. The number of hydrogen-bond donors (Lipinski definition) is 2. The van der Waals surface area contributed by atoms with Crippen molar-refractivity contribution in [2.45, 2.75) is 25.7 Å². The SMILES string of the molecule is Cl.Cl.N/C(CCN1CCCCC1)=N/O. The summed E-state index contributed by atoms with van der Waals surface area (Å²) < 4.78 is 0. The molecule has 3 N–H and O–H groups in total. The van der Waals surface area contributed by atoms with Crippen LogP contribution in [0, 0.1) is 0 Å². The van der Waals surface area contributed by atoms with Gasteiger partial charge in [0.05, 0.1) is 0 Å². The first-order chi connectivity index (χ1) is 5.83. The van der Waals surface area contributed by atoms with E-state index in [2.05, 4.69) is 10.1 Å². The molecule has 0 aromatic heterocycles. The van der Waals surface area contributed by atoms with Gasteiger partial charge >= 0.3 is 0 Å². The zero-order chi connectivity index (χ0) is 8.81. The number of oxime groups is 1. The van der Waals surface area contributed by atoms with Crippen LogP contribution in [0.5, 0.6) is 0 Å². The van der Waals surface area contributed by atoms with Crippen LogP contribution in [-0.4, -0.2) is 35.6 Å². The molecule has 1 aliphatic rings. The van der Waals surface area contributed by atoms with Crippen LogP contribution < -0.4 is 5.73 Å². The molecular weight excluding hydrogens is 225 g/mol. The Labute approximate surface area is 97.3 Å². The van der Waals surface area contributed by atoms with Gasteiger partial charge in [0.25, 0.3) is 0 Å². The predicted octanol–water partition coefficient (Wildman–Crippen LogP) is 1.45. The topological polar surface area (TPSA) is 61.8 Å². The van der Waals surface area contributed by atoms with Gasteiger partial charge in [-0.05, 0) is 25.9 Å². The number of piperidine rings is 1. The van der Waals surface area contributed by atoms with E-state index in [4.69, 9.17) is 10.9 Å². The number of nitrogens with zero attached hydrogens (tertiary/aromatic N) is 2. The van der Waals surface area contributed by atoms with Crippen LogP contribution in [0.2, 0.25) is 0 Å². The first-order valence-corrected chi connectivity index (χ1v) is 4.51. The number of nitrogens with two attached hydrogens (primary N) is 1. The molecule has 0 saturated carbocycles. The smallest absolute Gasteiger partial charge is 0.140 e. The number of likely N-dealkylation sites (tertiary alicyclic amines) is 1. The van der Waals surface area contributed by atoms with E-state index in [1.165, 1.54) is 32.4 Å². The van der Waals surface area contributed by atoms with Gasteiger partial charge in [0.15, 0.2) is 0 Å². The largest absolute Gasteiger partial charge is 0.409 e. The lowest BCUT2D eigenvalue weighted by Crippen LogP contribution is -2.32. The highest BCUT2D eigenvalue weighted by molar-refractivity contribution is 5.85. The molecule has 4 nitrogen and oxygen atoms in total. The Bertz CT molecular complexity index is 161. The summed E-state index contributed by atoms with van der Waals surface area (Å²) in [7, 11) is 0. The Morgan fingerprint density at radius 2 is 1.79 bits per heavy atom. The molecule has 6 heteroatoms. The van der Waals surface area contributed by atoms with Crippen LogP contribution in [0.4, 0.5) is 0 Å². The summed E-state index contributed by atoms with van der Waals surface area (Å²) in [6.45, 7) is 3.26. The van der Waals surface area contributed by atoms with Gasteiger partial charge in [-0.15, -0.1) is 24.8 Å². The zero-order valence-electron chi connectivity index (χ0n) is 8.19. The fourth-order valence-corrected chi connectivity index (χ4v) is 1.51. The molecule has 0 unspecified atom stereocenters. The third-order valence-corrected chi connectivity index (χ3v) is 2.26. The van der Waals surface area contributed by atoms with E-state index in [-0.39, 0.29) is 24.8 Å². The van der Waals surface area contributed by atoms with Crippen molar-refractivity contribution in [2.75, 3.05) is 19.6 Å². The summed E-state index contributed by atoms with van der Waals surface area (Å²) in [5, 5.41) is 11.2. The van der Waals surface area contributed by atoms with Crippen molar-refractivity contribution in [3.8, 4) is 0 Å². The van der Waals surface area contributed by atoms with Gasteiger partial charge in [0.2, 0.25) is 0 Å². The van der Waals surface area contributed by atoms with Crippen molar-refractivity contribution in [1.29, 1.82) is 0 Å². The molecule has 0 aromatic rings. The van der Waals surface area contributed by atoms with Gasteiger partial charge in [0.1, 0.15) is 5.84 Å². The monoisotopic (exact) mass is 243 g/mol. The normalized spacial score (nSPS) is 18.1. The molecule has 0 amide bonds. The third kappa shape index (κ3) is 6.29. The van der Waals surface area contributed by atoms with Crippen LogP contribution in [-0.2, 0) is 0 Å². The molecule has 1 fully saturated rings. The Balaban J connectivity index is 0. The van der Waals surface area contributed by atoms with E-state index in [1.807, 2.05) is 0 Å². The minimum atomic E-state index is 0. The molecule has 0 bridgehead atoms. The average Bonchev–Trinajstić information content (AvgIpc) is 2.16. The first kappa shape index (κ1) is 16.2. The quantitative estimate of drug-likeness (QED) is 0.342. The van der Waals surface area contributed by atoms with Gasteiger partial charge in [-0.25, -0.2) is 0 Å². The van der Waals surface area contributed by atoms with Crippen molar-refractivity contribution in [2.24, 2.45) is 10.9 Å². The molecule has 1 rings (SSSR count). The predicted molar refractivity (Wildman–Crippen MR) is 62.8 cm³/mol. The van der Waals surface area contributed by atoms with Crippen molar-refractivity contribution < 1.29 is 5.21 Å². The molecule has 14 heavy (non-hydrogen) atoms. The highest BCUT2D eigenvalue weighted by Crippen LogP contribution is 2.08. The standard InChI is InChI=1S/C8H17N3O.2ClH/c9-8(10-12)4-7-11-5-2-1-3-6-11;;/h12H,1-7H2,(H2,9,10);2*1H. The number of amidine groups is 1. The lowest BCUT2D eigenvalue weighted by atomic mass is 10.1. The van der Waals surface area contributed by atoms with E-state index < -0.39 is 0 Å².